The van der Waals surface area contributed by atoms with Crippen LogP contribution in [0.3, 0.4) is 0 Å². The molecule has 1 aromatic heterocycles. The van der Waals surface area contributed by atoms with E-state index in [1.165, 1.54) is 0 Å². The van der Waals surface area contributed by atoms with Crippen LogP contribution in [0, 0.1) is 13.8 Å². The summed E-state index contributed by atoms with van der Waals surface area (Å²) in [6.07, 6.45) is 0. The molecule has 0 aliphatic rings. The van der Waals surface area contributed by atoms with E-state index in [0.717, 1.165) is 21.4 Å². The summed E-state index contributed by atoms with van der Waals surface area (Å²) in [5.41, 5.74) is 9.03. The molecule has 0 spiro atoms. The van der Waals surface area contributed by atoms with Crippen molar-refractivity contribution in [2.45, 2.75) is 13.8 Å². The molecule has 0 bridgehead atoms. The predicted molar refractivity (Wildman–Crippen MR) is 89.8 cm³/mol. The number of nitrogens with one attached hydrogen (secondary N) is 1. The van der Waals surface area contributed by atoms with Gasteiger partial charge in [-0.3, -0.25) is 0 Å². The van der Waals surface area contributed by atoms with Crippen LogP contribution in [0.1, 0.15) is 16.8 Å². The fraction of sp³-hybridized carbons (Fsp3) is 0.154. The van der Waals surface area contributed by atoms with Gasteiger partial charge in [-0.1, -0.05) is 23.8 Å². The lowest BCUT2D eigenvalue weighted by Gasteiger charge is -2.13. The van der Waals surface area contributed by atoms with Crippen molar-refractivity contribution >= 4 is 56.2 Å². The molecule has 7 heteroatoms. The Kier molecular flexibility index (Phi) is 4.57. The van der Waals surface area contributed by atoms with Gasteiger partial charge in [0.15, 0.2) is 5.82 Å². The lowest BCUT2D eigenvalue weighted by atomic mass is 10.1. The SMILES string of the molecule is Cc1nnc(Nc2ccc(Cl)c(Br)c2)c(C(N)=S)c1C. The Morgan fingerprint density at radius 3 is 2.65 bits per heavy atom. The smallest absolute Gasteiger partial charge is 0.163 e. The van der Waals surface area contributed by atoms with Gasteiger partial charge in [0.25, 0.3) is 0 Å². The number of anilines is 2. The molecule has 0 aliphatic heterocycles. The van der Waals surface area contributed by atoms with Crippen LogP contribution in [0.5, 0.6) is 0 Å². The van der Waals surface area contributed by atoms with Gasteiger partial charge < -0.3 is 11.1 Å². The number of halogens is 2. The van der Waals surface area contributed by atoms with Crippen LogP contribution in [-0.4, -0.2) is 15.2 Å². The van der Waals surface area contributed by atoms with Crippen LogP contribution in [-0.2, 0) is 0 Å². The zero-order chi connectivity index (χ0) is 14.9. The molecule has 0 saturated carbocycles. The largest absolute Gasteiger partial charge is 0.389 e. The molecule has 4 nitrogen and oxygen atoms in total. The third-order valence-corrected chi connectivity index (χ3v) is 4.30. The van der Waals surface area contributed by atoms with Crippen LogP contribution in [0.15, 0.2) is 22.7 Å². The summed E-state index contributed by atoms with van der Waals surface area (Å²) in [5, 5.41) is 12.0. The van der Waals surface area contributed by atoms with E-state index in [4.69, 9.17) is 29.6 Å². The summed E-state index contributed by atoms with van der Waals surface area (Å²) in [5.74, 6) is 0.537. The Morgan fingerprint density at radius 1 is 1.35 bits per heavy atom. The van der Waals surface area contributed by atoms with Crippen molar-refractivity contribution in [2.24, 2.45) is 5.73 Å². The monoisotopic (exact) mass is 370 g/mol. The number of hydrogen-bond donors (Lipinski definition) is 2. The van der Waals surface area contributed by atoms with Crippen LogP contribution in [0.2, 0.25) is 5.02 Å². The van der Waals surface area contributed by atoms with E-state index in [9.17, 15) is 0 Å². The lowest BCUT2D eigenvalue weighted by Crippen LogP contribution is -2.16. The van der Waals surface area contributed by atoms with Crippen LogP contribution in [0.4, 0.5) is 11.5 Å². The van der Waals surface area contributed by atoms with E-state index < -0.39 is 0 Å². The average Bonchev–Trinajstić information content (AvgIpc) is 2.38. The van der Waals surface area contributed by atoms with Crippen LogP contribution >= 0.6 is 39.7 Å². The van der Waals surface area contributed by atoms with Gasteiger partial charge in [0, 0.05) is 10.2 Å². The molecule has 1 aromatic carbocycles. The Hall–Kier alpha value is -1.24. The van der Waals surface area contributed by atoms with E-state index in [-0.39, 0.29) is 4.99 Å². The molecule has 0 amide bonds. The molecular weight excluding hydrogens is 360 g/mol. The topological polar surface area (TPSA) is 63.8 Å². The van der Waals surface area contributed by atoms with E-state index >= 15 is 0 Å². The van der Waals surface area contributed by atoms with Crippen molar-refractivity contribution in [3.05, 3.63) is 44.5 Å². The summed E-state index contributed by atoms with van der Waals surface area (Å²) in [7, 11) is 0. The molecule has 1 heterocycles. The third-order valence-electron chi connectivity index (χ3n) is 2.88. The van der Waals surface area contributed by atoms with E-state index in [0.29, 0.717) is 16.4 Å². The first-order chi connectivity index (χ1) is 9.40. The van der Waals surface area contributed by atoms with Gasteiger partial charge in [0.2, 0.25) is 0 Å². The molecule has 3 N–H and O–H groups in total. The van der Waals surface area contributed by atoms with Gasteiger partial charge in [0.1, 0.15) is 4.99 Å². The first-order valence-corrected chi connectivity index (χ1v) is 7.34. The van der Waals surface area contributed by atoms with E-state index in [1.54, 1.807) is 6.07 Å². The number of aromatic nitrogens is 2. The molecule has 0 fully saturated rings. The zero-order valence-electron chi connectivity index (χ0n) is 10.9. The summed E-state index contributed by atoms with van der Waals surface area (Å²) < 4.78 is 0.790. The Bertz CT molecular complexity index is 690. The Labute approximate surface area is 135 Å². The minimum atomic E-state index is 0.288. The van der Waals surface area contributed by atoms with Gasteiger partial charge in [-0.15, -0.1) is 5.10 Å². The number of nitrogens with zero attached hydrogens (tertiary/aromatic N) is 2. The van der Waals surface area contributed by atoms with Crippen LogP contribution in [0.25, 0.3) is 0 Å². The van der Waals surface area contributed by atoms with Crippen molar-refractivity contribution in [3.8, 4) is 0 Å². The summed E-state index contributed by atoms with van der Waals surface area (Å²) in [6.45, 7) is 3.79. The molecule has 0 radical (unpaired) electrons. The Morgan fingerprint density at radius 2 is 2.05 bits per heavy atom. The second-order valence-electron chi connectivity index (χ2n) is 4.25. The van der Waals surface area contributed by atoms with Crippen molar-refractivity contribution in [1.29, 1.82) is 0 Å². The molecule has 2 rings (SSSR count). The van der Waals surface area contributed by atoms with Crippen molar-refractivity contribution in [1.82, 2.24) is 10.2 Å². The average molecular weight is 372 g/mol. The second kappa shape index (κ2) is 6.03. The molecule has 0 atom stereocenters. The summed E-state index contributed by atoms with van der Waals surface area (Å²) in [4.78, 5) is 0.288. The molecule has 0 unspecified atom stereocenters. The lowest BCUT2D eigenvalue weighted by molar-refractivity contribution is 0.963. The fourth-order valence-electron chi connectivity index (χ4n) is 1.71. The number of benzene rings is 1. The zero-order valence-corrected chi connectivity index (χ0v) is 14.0. The maximum atomic E-state index is 5.97. The number of aryl methyl sites for hydroxylation is 1. The van der Waals surface area contributed by atoms with Gasteiger partial charge in [-0.05, 0) is 53.5 Å². The van der Waals surface area contributed by atoms with Gasteiger partial charge in [-0.2, -0.15) is 5.10 Å². The van der Waals surface area contributed by atoms with Crippen LogP contribution < -0.4 is 11.1 Å². The quantitative estimate of drug-likeness (QED) is 0.801. The van der Waals surface area contributed by atoms with E-state index in [1.807, 2.05) is 26.0 Å². The van der Waals surface area contributed by atoms with Crippen molar-refractivity contribution < 1.29 is 0 Å². The molecule has 104 valence electrons. The molecule has 2 aromatic rings. The maximum Gasteiger partial charge on any atom is 0.163 e. The van der Waals surface area contributed by atoms with E-state index in [2.05, 4.69) is 31.4 Å². The predicted octanol–water partition coefficient (Wildman–Crippen LogP) is 3.89. The number of thiocarbonyl (C=S) groups is 1. The van der Waals surface area contributed by atoms with Crippen molar-refractivity contribution in [3.63, 3.8) is 0 Å². The first kappa shape index (κ1) is 15.2. The third kappa shape index (κ3) is 3.08. The fourth-order valence-corrected chi connectivity index (χ4v) is 2.45. The molecule has 20 heavy (non-hydrogen) atoms. The highest BCUT2D eigenvalue weighted by Crippen LogP contribution is 2.28. The maximum absolute atomic E-state index is 5.97. The summed E-state index contributed by atoms with van der Waals surface area (Å²) in [6, 6.07) is 5.47. The normalized spacial score (nSPS) is 10.4. The standard InChI is InChI=1S/C13H12BrClN4S/c1-6-7(2)18-19-13(11(6)12(16)20)17-8-3-4-10(15)9(14)5-8/h3-5H,1-2H3,(H2,16,20)(H,17,19). The Balaban J connectivity index is 2.45. The highest BCUT2D eigenvalue weighted by Gasteiger charge is 2.14. The highest BCUT2D eigenvalue weighted by atomic mass is 79.9. The first-order valence-electron chi connectivity index (χ1n) is 5.76. The van der Waals surface area contributed by atoms with Crippen molar-refractivity contribution in [2.75, 3.05) is 5.32 Å². The van der Waals surface area contributed by atoms with Gasteiger partial charge >= 0.3 is 0 Å². The molecule has 0 aliphatic carbocycles. The summed E-state index contributed by atoms with van der Waals surface area (Å²) >= 11 is 14.4. The number of rotatable bonds is 3. The van der Waals surface area contributed by atoms with Gasteiger partial charge in [0.05, 0.1) is 16.3 Å². The second-order valence-corrected chi connectivity index (χ2v) is 5.95. The van der Waals surface area contributed by atoms with Gasteiger partial charge in [-0.25, -0.2) is 0 Å². The molecule has 0 saturated heterocycles. The highest BCUT2D eigenvalue weighted by molar-refractivity contribution is 9.10. The number of hydrogen-bond acceptors (Lipinski definition) is 4. The minimum absolute atomic E-state index is 0.288. The molecular formula is C13H12BrClN4S. The number of nitrogens with two attached hydrogens (primary N) is 1. The minimum Gasteiger partial charge on any atom is -0.389 e.